The number of aromatic nitrogens is 2. The smallest absolute Gasteiger partial charge is 0.140 e. The Morgan fingerprint density at radius 1 is 1.17 bits per heavy atom. The Morgan fingerprint density at radius 2 is 1.97 bits per heavy atom. The lowest BCUT2D eigenvalue weighted by molar-refractivity contribution is 0.0148. The largest absolute Gasteiger partial charge is 0.355 e. The maximum atomic E-state index is 13.2. The number of halogens is 1. The number of benzene rings is 1. The molecule has 0 amide bonds. The Morgan fingerprint density at radius 3 is 2.72 bits per heavy atom. The van der Waals surface area contributed by atoms with E-state index in [0.717, 1.165) is 49.8 Å². The standard InChI is InChI=1S/C23H27FN4S/c1-3-19-10-20-21(25-15-26-22(20)29-19)28-9-8-23(14-28)12-27(13-23)11-16(2)17-4-6-18(24)7-5-17/h4-7,10,15-16H,3,8-9,11-14H2,1-2H3. The van der Waals surface area contributed by atoms with Gasteiger partial charge in [0, 0.05) is 43.0 Å². The molecule has 4 heterocycles. The van der Waals surface area contributed by atoms with Gasteiger partial charge in [-0.2, -0.15) is 0 Å². The van der Waals surface area contributed by atoms with Gasteiger partial charge in [-0.15, -0.1) is 11.3 Å². The Labute approximate surface area is 175 Å². The summed E-state index contributed by atoms with van der Waals surface area (Å²) in [5.41, 5.74) is 1.61. The summed E-state index contributed by atoms with van der Waals surface area (Å²) < 4.78 is 13.2. The zero-order chi connectivity index (χ0) is 20.0. The summed E-state index contributed by atoms with van der Waals surface area (Å²) in [7, 11) is 0. The van der Waals surface area contributed by atoms with Crippen LogP contribution < -0.4 is 4.90 Å². The van der Waals surface area contributed by atoms with Crippen LogP contribution in [0.4, 0.5) is 10.2 Å². The third-order valence-corrected chi connectivity index (χ3v) is 7.72. The zero-order valence-electron chi connectivity index (χ0n) is 17.1. The Kier molecular flexibility index (Phi) is 4.79. The van der Waals surface area contributed by atoms with Crippen LogP contribution in [0.25, 0.3) is 10.2 Å². The van der Waals surface area contributed by atoms with Gasteiger partial charge in [-0.05, 0) is 42.5 Å². The first-order valence-corrected chi connectivity index (χ1v) is 11.3. The van der Waals surface area contributed by atoms with E-state index in [-0.39, 0.29) is 5.82 Å². The molecule has 1 atom stereocenters. The van der Waals surface area contributed by atoms with Crippen LogP contribution in [-0.2, 0) is 6.42 Å². The van der Waals surface area contributed by atoms with Crippen molar-refractivity contribution in [2.24, 2.45) is 5.41 Å². The second kappa shape index (κ2) is 7.33. The summed E-state index contributed by atoms with van der Waals surface area (Å²) in [4.78, 5) is 16.6. The van der Waals surface area contributed by atoms with Crippen LogP contribution in [-0.4, -0.2) is 47.6 Å². The van der Waals surface area contributed by atoms with Crippen LogP contribution in [0.1, 0.15) is 36.6 Å². The van der Waals surface area contributed by atoms with Crippen molar-refractivity contribution in [1.29, 1.82) is 0 Å². The highest BCUT2D eigenvalue weighted by Gasteiger charge is 2.48. The van der Waals surface area contributed by atoms with E-state index < -0.39 is 0 Å². The minimum Gasteiger partial charge on any atom is -0.355 e. The van der Waals surface area contributed by atoms with Crippen LogP contribution in [0.3, 0.4) is 0 Å². The summed E-state index contributed by atoms with van der Waals surface area (Å²) in [6.07, 6.45) is 3.99. The van der Waals surface area contributed by atoms with Gasteiger partial charge in [0.2, 0.25) is 0 Å². The van der Waals surface area contributed by atoms with Crippen molar-refractivity contribution in [2.75, 3.05) is 37.6 Å². The third-order valence-electron chi connectivity index (χ3n) is 6.53. The molecule has 2 aromatic heterocycles. The molecule has 2 aliphatic heterocycles. The third kappa shape index (κ3) is 3.53. The number of anilines is 1. The molecular formula is C23H27FN4S. The van der Waals surface area contributed by atoms with E-state index >= 15 is 0 Å². The van der Waals surface area contributed by atoms with E-state index in [0.29, 0.717) is 11.3 Å². The molecule has 3 aromatic rings. The summed E-state index contributed by atoms with van der Waals surface area (Å²) in [5.74, 6) is 1.37. The van der Waals surface area contributed by atoms with E-state index in [2.05, 4.69) is 39.7 Å². The van der Waals surface area contributed by atoms with Gasteiger partial charge in [0.15, 0.2) is 0 Å². The second-order valence-corrected chi connectivity index (χ2v) is 9.89. The van der Waals surface area contributed by atoms with Crippen molar-refractivity contribution in [2.45, 2.75) is 32.6 Å². The summed E-state index contributed by atoms with van der Waals surface area (Å²) >= 11 is 1.79. The molecule has 2 saturated heterocycles. The number of fused-ring (bicyclic) bond motifs is 1. The fourth-order valence-corrected chi connectivity index (χ4v) is 5.94. The fraction of sp³-hybridized carbons (Fsp3) is 0.478. The van der Waals surface area contributed by atoms with E-state index in [4.69, 9.17) is 0 Å². The maximum absolute atomic E-state index is 13.2. The van der Waals surface area contributed by atoms with Gasteiger partial charge in [-0.25, -0.2) is 14.4 Å². The predicted octanol–water partition coefficient (Wildman–Crippen LogP) is 4.71. The fourth-order valence-electron chi connectivity index (χ4n) is 5.01. The summed E-state index contributed by atoms with van der Waals surface area (Å²) in [6.45, 7) is 9.91. The summed E-state index contributed by atoms with van der Waals surface area (Å²) in [5, 5.41) is 1.22. The Bertz CT molecular complexity index is 1010. The van der Waals surface area contributed by atoms with Crippen molar-refractivity contribution in [3.63, 3.8) is 0 Å². The van der Waals surface area contributed by atoms with Crippen molar-refractivity contribution in [1.82, 2.24) is 14.9 Å². The van der Waals surface area contributed by atoms with Crippen LogP contribution in [0.2, 0.25) is 0 Å². The van der Waals surface area contributed by atoms with Gasteiger partial charge >= 0.3 is 0 Å². The van der Waals surface area contributed by atoms with Crippen LogP contribution in [0.5, 0.6) is 0 Å². The molecule has 2 aliphatic rings. The van der Waals surface area contributed by atoms with Crippen LogP contribution in [0, 0.1) is 11.2 Å². The molecule has 0 N–H and O–H groups in total. The predicted molar refractivity (Wildman–Crippen MR) is 117 cm³/mol. The zero-order valence-corrected chi connectivity index (χ0v) is 17.9. The van der Waals surface area contributed by atoms with Crippen molar-refractivity contribution < 1.29 is 4.39 Å². The number of hydrogen-bond acceptors (Lipinski definition) is 5. The van der Waals surface area contributed by atoms with Gasteiger partial charge in [-0.1, -0.05) is 26.0 Å². The Balaban J connectivity index is 1.23. The van der Waals surface area contributed by atoms with Gasteiger partial charge < -0.3 is 9.80 Å². The molecule has 5 rings (SSSR count). The number of aryl methyl sites for hydroxylation is 1. The van der Waals surface area contributed by atoms with Gasteiger partial charge in [0.25, 0.3) is 0 Å². The average molecular weight is 411 g/mol. The number of rotatable bonds is 5. The number of thiophene rings is 1. The maximum Gasteiger partial charge on any atom is 0.140 e. The summed E-state index contributed by atoms with van der Waals surface area (Å²) in [6, 6.07) is 9.24. The number of nitrogens with zero attached hydrogens (tertiary/aromatic N) is 4. The quantitative estimate of drug-likeness (QED) is 0.610. The molecule has 1 aromatic carbocycles. The lowest BCUT2D eigenvalue weighted by atomic mass is 9.78. The topological polar surface area (TPSA) is 32.3 Å². The highest BCUT2D eigenvalue weighted by molar-refractivity contribution is 7.18. The molecule has 0 bridgehead atoms. The first-order chi connectivity index (χ1) is 14.0. The SMILES string of the molecule is CCc1cc2c(N3CCC4(CN(CC(C)c5ccc(F)cc5)C4)C3)ncnc2s1. The first-order valence-electron chi connectivity index (χ1n) is 10.5. The molecular weight excluding hydrogens is 383 g/mol. The highest BCUT2D eigenvalue weighted by Crippen LogP contribution is 2.43. The molecule has 152 valence electrons. The van der Waals surface area contributed by atoms with Gasteiger partial charge in [0.1, 0.15) is 22.8 Å². The van der Waals surface area contributed by atoms with E-state index in [1.165, 1.54) is 22.2 Å². The van der Waals surface area contributed by atoms with Crippen molar-refractivity contribution in [3.05, 3.63) is 52.9 Å². The van der Waals surface area contributed by atoms with Gasteiger partial charge in [0.05, 0.1) is 5.39 Å². The molecule has 29 heavy (non-hydrogen) atoms. The van der Waals surface area contributed by atoms with E-state index in [9.17, 15) is 4.39 Å². The lowest BCUT2D eigenvalue weighted by Gasteiger charge is -2.49. The average Bonchev–Trinajstić information content (AvgIpc) is 3.32. The monoisotopic (exact) mass is 410 g/mol. The van der Waals surface area contributed by atoms with Gasteiger partial charge in [-0.3, -0.25) is 0 Å². The molecule has 1 spiro atoms. The van der Waals surface area contributed by atoms with Crippen LogP contribution in [0.15, 0.2) is 36.7 Å². The molecule has 0 aliphatic carbocycles. The highest BCUT2D eigenvalue weighted by atomic mass is 32.1. The normalized spacial score (nSPS) is 19.8. The van der Waals surface area contributed by atoms with Crippen molar-refractivity contribution >= 4 is 27.4 Å². The minimum atomic E-state index is -0.162. The van der Waals surface area contributed by atoms with E-state index in [1.54, 1.807) is 29.8 Å². The second-order valence-electron chi connectivity index (χ2n) is 8.78. The lowest BCUT2D eigenvalue weighted by Crippen LogP contribution is -2.58. The first kappa shape index (κ1) is 18.9. The van der Waals surface area contributed by atoms with Crippen molar-refractivity contribution in [3.8, 4) is 0 Å². The number of hydrogen-bond donors (Lipinski definition) is 0. The Hall–Kier alpha value is -2.05. The molecule has 6 heteroatoms. The molecule has 1 unspecified atom stereocenters. The minimum absolute atomic E-state index is 0.162. The molecule has 0 saturated carbocycles. The van der Waals surface area contributed by atoms with Crippen LogP contribution >= 0.6 is 11.3 Å². The molecule has 4 nitrogen and oxygen atoms in total. The van der Waals surface area contributed by atoms with E-state index in [1.807, 2.05) is 12.1 Å². The molecule has 2 fully saturated rings. The number of likely N-dealkylation sites (tertiary alicyclic amines) is 1. The molecule has 0 radical (unpaired) electrons.